The fourth-order valence-electron chi connectivity index (χ4n) is 2.42. The first-order valence-corrected chi connectivity index (χ1v) is 7.79. The van der Waals surface area contributed by atoms with E-state index in [0.717, 1.165) is 22.5 Å². The Morgan fingerprint density at radius 3 is 2.60 bits per heavy atom. The molecule has 2 aromatic carbocycles. The number of hydrogen-bond acceptors (Lipinski definition) is 7. The Bertz CT molecular complexity index is 850. The molecule has 0 aliphatic heterocycles. The molecule has 6 N–H and O–H groups in total. The van der Waals surface area contributed by atoms with E-state index in [4.69, 9.17) is 16.3 Å². The van der Waals surface area contributed by atoms with Crippen molar-refractivity contribution in [3.63, 3.8) is 0 Å². The van der Waals surface area contributed by atoms with Crippen LogP contribution in [-0.4, -0.2) is 17.0 Å². The fraction of sp³-hybridized carbons (Fsp3) is 0.111. The molecule has 0 amide bonds. The molecule has 0 saturated carbocycles. The monoisotopic (exact) mass is 336 g/mol. The van der Waals surface area contributed by atoms with Crippen molar-refractivity contribution in [1.82, 2.24) is 9.97 Å². The van der Waals surface area contributed by atoms with Gasteiger partial charge in [-0.1, -0.05) is 18.2 Å². The Labute approximate surface area is 146 Å². The average Bonchev–Trinajstić information content (AvgIpc) is 2.67. The van der Waals surface area contributed by atoms with Gasteiger partial charge in [0, 0.05) is 35.7 Å². The van der Waals surface area contributed by atoms with Crippen molar-refractivity contribution in [2.45, 2.75) is 6.61 Å². The Hall–Kier alpha value is -3.32. The van der Waals surface area contributed by atoms with Crippen LogP contribution in [0.5, 0.6) is 6.01 Å². The average molecular weight is 336 g/mol. The predicted molar refractivity (Wildman–Crippen MR) is 100 cm³/mol. The van der Waals surface area contributed by atoms with E-state index < -0.39 is 0 Å². The zero-order chi connectivity index (χ0) is 17.6. The molecule has 128 valence electrons. The molecule has 0 saturated heterocycles. The maximum Gasteiger partial charge on any atom is 0.317 e. The van der Waals surface area contributed by atoms with Crippen molar-refractivity contribution in [2.75, 3.05) is 23.5 Å². The van der Waals surface area contributed by atoms with Gasteiger partial charge in [0.2, 0.25) is 0 Å². The summed E-state index contributed by atoms with van der Waals surface area (Å²) in [5, 5.41) is 3.09. The molecule has 3 aromatic rings. The number of rotatable bonds is 6. The van der Waals surface area contributed by atoms with Crippen LogP contribution in [0.15, 0.2) is 54.7 Å². The summed E-state index contributed by atoms with van der Waals surface area (Å²) in [6.45, 7) is 0.217. The molecular formula is C18H20N6O. The normalized spacial score (nSPS) is 10.3. The number of benzene rings is 2. The number of hydrazine groups is 1. The lowest BCUT2D eigenvalue weighted by Crippen LogP contribution is -2.12. The minimum atomic E-state index is 0.217. The van der Waals surface area contributed by atoms with Crippen molar-refractivity contribution in [3.05, 3.63) is 60.3 Å². The standard InChI is InChI=1S/C18H20N6O/c1-21-13-7-5-12(6-8-13)16-9-10-22-18(23-16)25-11-14-15(19)3-2-4-17(14)24-20/h2-10,21,24H,11,19-20H2,1H3. The molecule has 0 unspecified atom stereocenters. The number of hydrogen-bond donors (Lipinski definition) is 4. The van der Waals surface area contributed by atoms with E-state index in [-0.39, 0.29) is 12.6 Å². The van der Waals surface area contributed by atoms with E-state index in [1.54, 1.807) is 12.3 Å². The van der Waals surface area contributed by atoms with E-state index in [9.17, 15) is 0 Å². The predicted octanol–water partition coefficient (Wildman–Crippen LogP) is 2.63. The van der Waals surface area contributed by atoms with Gasteiger partial charge in [-0.2, -0.15) is 4.98 Å². The van der Waals surface area contributed by atoms with Gasteiger partial charge in [0.1, 0.15) is 6.61 Å². The molecule has 0 atom stereocenters. The highest BCUT2D eigenvalue weighted by Crippen LogP contribution is 2.24. The zero-order valence-corrected chi connectivity index (χ0v) is 13.9. The first kappa shape index (κ1) is 16.5. The first-order valence-electron chi connectivity index (χ1n) is 7.79. The summed E-state index contributed by atoms with van der Waals surface area (Å²) in [5.41, 5.74) is 13.5. The van der Waals surface area contributed by atoms with Gasteiger partial charge < -0.3 is 21.2 Å². The molecule has 1 aromatic heterocycles. The number of ether oxygens (including phenoxy) is 1. The highest BCUT2D eigenvalue weighted by atomic mass is 16.5. The maximum atomic E-state index is 5.99. The lowest BCUT2D eigenvalue weighted by molar-refractivity contribution is 0.282. The third kappa shape index (κ3) is 3.78. The van der Waals surface area contributed by atoms with Gasteiger partial charge in [-0.3, -0.25) is 5.84 Å². The van der Waals surface area contributed by atoms with Crippen LogP contribution in [0.1, 0.15) is 5.56 Å². The van der Waals surface area contributed by atoms with Crippen molar-refractivity contribution in [2.24, 2.45) is 5.84 Å². The second-order valence-corrected chi connectivity index (χ2v) is 5.36. The van der Waals surface area contributed by atoms with E-state index in [1.165, 1.54) is 0 Å². The molecule has 0 fully saturated rings. The number of nitrogens with zero attached hydrogens (tertiary/aromatic N) is 2. The summed E-state index contributed by atoms with van der Waals surface area (Å²) in [4.78, 5) is 8.61. The van der Waals surface area contributed by atoms with Crippen LogP contribution in [0, 0.1) is 0 Å². The third-order valence-electron chi connectivity index (χ3n) is 3.82. The second-order valence-electron chi connectivity index (χ2n) is 5.36. The molecule has 1 heterocycles. The van der Waals surface area contributed by atoms with Crippen molar-refractivity contribution in [3.8, 4) is 17.3 Å². The van der Waals surface area contributed by atoms with Gasteiger partial charge in [0.25, 0.3) is 0 Å². The first-order chi connectivity index (χ1) is 12.2. The minimum Gasteiger partial charge on any atom is -0.458 e. The number of nitrogen functional groups attached to an aromatic ring is 2. The van der Waals surface area contributed by atoms with Crippen LogP contribution in [-0.2, 0) is 6.61 Å². The smallest absolute Gasteiger partial charge is 0.317 e. The topological polar surface area (TPSA) is 111 Å². The lowest BCUT2D eigenvalue weighted by Gasteiger charge is -2.12. The number of aromatic nitrogens is 2. The lowest BCUT2D eigenvalue weighted by atomic mass is 10.1. The minimum absolute atomic E-state index is 0.217. The van der Waals surface area contributed by atoms with E-state index in [2.05, 4.69) is 20.7 Å². The fourth-order valence-corrected chi connectivity index (χ4v) is 2.42. The van der Waals surface area contributed by atoms with Gasteiger partial charge in [-0.05, 0) is 30.3 Å². The quantitative estimate of drug-likeness (QED) is 0.311. The molecule has 25 heavy (non-hydrogen) atoms. The Kier molecular flexibility index (Phi) is 4.96. The SMILES string of the molecule is CNc1ccc(-c2ccnc(OCc3c(N)cccc3NN)n2)cc1. The largest absolute Gasteiger partial charge is 0.458 e. The van der Waals surface area contributed by atoms with Crippen molar-refractivity contribution in [1.29, 1.82) is 0 Å². The van der Waals surface area contributed by atoms with E-state index >= 15 is 0 Å². The second kappa shape index (κ2) is 7.50. The molecule has 0 spiro atoms. The Morgan fingerprint density at radius 1 is 1.08 bits per heavy atom. The Morgan fingerprint density at radius 2 is 1.88 bits per heavy atom. The summed E-state index contributed by atoms with van der Waals surface area (Å²) in [5.74, 6) is 5.51. The van der Waals surface area contributed by atoms with Gasteiger partial charge in [-0.15, -0.1) is 0 Å². The van der Waals surface area contributed by atoms with Crippen LogP contribution in [0.3, 0.4) is 0 Å². The van der Waals surface area contributed by atoms with Gasteiger partial charge in [-0.25, -0.2) is 4.98 Å². The van der Waals surface area contributed by atoms with Gasteiger partial charge >= 0.3 is 6.01 Å². The highest BCUT2D eigenvalue weighted by molar-refractivity contribution is 5.63. The van der Waals surface area contributed by atoms with Crippen LogP contribution in [0.25, 0.3) is 11.3 Å². The number of nitrogens with one attached hydrogen (secondary N) is 2. The highest BCUT2D eigenvalue weighted by Gasteiger charge is 2.08. The molecule has 7 heteroatoms. The van der Waals surface area contributed by atoms with Crippen LogP contribution >= 0.6 is 0 Å². The summed E-state index contributed by atoms with van der Waals surface area (Å²) >= 11 is 0. The molecule has 0 aliphatic rings. The zero-order valence-electron chi connectivity index (χ0n) is 13.9. The van der Waals surface area contributed by atoms with E-state index in [1.807, 2.05) is 49.5 Å². The number of nitrogens with two attached hydrogens (primary N) is 2. The van der Waals surface area contributed by atoms with Crippen LogP contribution in [0.2, 0.25) is 0 Å². The van der Waals surface area contributed by atoms with Crippen molar-refractivity contribution < 1.29 is 4.74 Å². The van der Waals surface area contributed by atoms with Crippen molar-refractivity contribution >= 4 is 17.1 Å². The molecule has 0 bridgehead atoms. The molecule has 0 radical (unpaired) electrons. The van der Waals surface area contributed by atoms with Crippen LogP contribution < -0.4 is 27.1 Å². The Balaban J connectivity index is 1.78. The molecular weight excluding hydrogens is 316 g/mol. The summed E-state index contributed by atoms with van der Waals surface area (Å²) in [6.07, 6.45) is 1.67. The van der Waals surface area contributed by atoms with Gasteiger partial charge in [0.05, 0.1) is 11.4 Å². The summed E-state index contributed by atoms with van der Waals surface area (Å²) < 4.78 is 5.71. The summed E-state index contributed by atoms with van der Waals surface area (Å²) in [6, 6.07) is 15.5. The van der Waals surface area contributed by atoms with E-state index in [0.29, 0.717) is 11.4 Å². The molecule has 7 nitrogen and oxygen atoms in total. The summed E-state index contributed by atoms with van der Waals surface area (Å²) in [7, 11) is 1.88. The molecule has 0 aliphatic carbocycles. The third-order valence-corrected chi connectivity index (χ3v) is 3.82. The van der Waals surface area contributed by atoms with Gasteiger partial charge in [0.15, 0.2) is 0 Å². The molecule has 3 rings (SSSR count). The maximum absolute atomic E-state index is 5.99. The van der Waals surface area contributed by atoms with Crippen LogP contribution in [0.4, 0.5) is 17.1 Å². The number of anilines is 3.